The van der Waals surface area contributed by atoms with E-state index in [9.17, 15) is 14.7 Å². The van der Waals surface area contributed by atoms with Crippen molar-refractivity contribution in [2.45, 2.75) is 18.4 Å². The molecule has 0 saturated carbocycles. The van der Waals surface area contributed by atoms with Crippen molar-refractivity contribution in [2.24, 2.45) is 11.8 Å². The van der Waals surface area contributed by atoms with Gasteiger partial charge < -0.3 is 10.4 Å². The fourth-order valence-electron chi connectivity index (χ4n) is 5.94. The Balaban J connectivity index is 1.37. The molecule has 4 heteroatoms. The number of nitrogens with one attached hydrogen (secondary N) is 1. The summed E-state index contributed by atoms with van der Waals surface area (Å²) in [7, 11) is 0. The van der Waals surface area contributed by atoms with Crippen LogP contribution in [0.4, 0.5) is 0 Å². The third kappa shape index (κ3) is 3.05. The van der Waals surface area contributed by atoms with E-state index in [0.717, 1.165) is 38.6 Å². The van der Waals surface area contributed by atoms with Crippen molar-refractivity contribution >= 4 is 22.6 Å². The maximum atomic E-state index is 13.6. The molecule has 7 rings (SSSR count). The van der Waals surface area contributed by atoms with Crippen molar-refractivity contribution in [3.05, 3.63) is 119 Å². The van der Waals surface area contributed by atoms with E-state index in [1.807, 2.05) is 72.8 Å². The van der Waals surface area contributed by atoms with Crippen molar-refractivity contribution in [3.63, 3.8) is 0 Å². The van der Waals surface area contributed by atoms with Gasteiger partial charge in [-0.1, -0.05) is 84.9 Å². The lowest BCUT2D eigenvalue weighted by Gasteiger charge is -2.48. The zero-order valence-corrected chi connectivity index (χ0v) is 17.9. The number of hydrogen-bond acceptors (Lipinski definition) is 2. The molecule has 4 aromatic carbocycles. The summed E-state index contributed by atoms with van der Waals surface area (Å²) >= 11 is 0. The molecule has 2 atom stereocenters. The number of aliphatic carboxylic acids is 1. The van der Waals surface area contributed by atoms with E-state index < -0.39 is 17.8 Å². The van der Waals surface area contributed by atoms with Crippen LogP contribution in [0, 0.1) is 11.8 Å². The summed E-state index contributed by atoms with van der Waals surface area (Å²) in [5.41, 5.74) is 5.21. The summed E-state index contributed by atoms with van der Waals surface area (Å²) in [5.74, 6) is -3.15. The monoisotopic (exact) mass is 433 g/mol. The highest BCUT2D eigenvalue weighted by Crippen LogP contribution is 2.58. The molecule has 0 unspecified atom stereocenters. The van der Waals surface area contributed by atoms with E-state index in [2.05, 4.69) is 23.5 Å². The van der Waals surface area contributed by atoms with Crippen LogP contribution in [0.25, 0.3) is 10.8 Å². The quantitative estimate of drug-likeness (QED) is 0.473. The molecule has 3 aliphatic carbocycles. The molecular formula is C29H23NO3. The van der Waals surface area contributed by atoms with E-state index in [1.54, 1.807) is 0 Å². The van der Waals surface area contributed by atoms with Gasteiger partial charge in [0.2, 0.25) is 5.91 Å². The van der Waals surface area contributed by atoms with Gasteiger partial charge in [-0.05, 0) is 44.7 Å². The number of carbonyl (C=O) groups is 2. The van der Waals surface area contributed by atoms with E-state index in [1.165, 1.54) is 0 Å². The fourth-order valence-corrected chi connectivity index (χ4v) is 5.94. The number of fused-ring (bicyclic) bond motifs is 2. The van der Waals surface area contributed by atoms with Crippen LogP contribution >= 0.6 is 0 Å². The molecule has 3 aliphatic rings. The minimum absolute atomic E-state index is 0.199. The standard InChI is InChI=1S/C29H23NO3/c31-28(30-16-17-13-14-18-7-1-2-8-19(18)15-17)26-24-20-9-3-5-11-22(20)25(27(26)29(32)33)23-12-6-4-10-21(23)24/h1-15,24-27H,16H2,(H,30,31)(H,32,33)/t24?,25?,26-,27+/m0/s1. The summed E-state index contributed by atoms with van der Waals surface area (Å²) in [5, 5.41) is 15.6. The Bertz CT molecular complexity index is 1360. The molecule has 0 spiro atoms. The molecule has 0 aromatic heterocycles. The highest BCUT2D eigenvalue weighted by molar-refractivity contribution is 5.90. The highest BCUT2D eigenvalue weighted by atomic mass is 16.4. The van der Waals surface area contributed by atoms with E-state index in [4.69, 9.17) is 0 Å². The van der Waals surface area contributed by atoms with Crippen LogP contribution in [0.5, 0.6) is 0 Å². The summed E-state index contributed by atoms with van der Waals surface area (Å²) in [4.78, 5) is 26.1. The maximum absolute atomic E-state index is 13.6. The molecule has 4 aromatic rings. The maximum Gasteiger partial charge on any atom is 0.308 e. The van der Waals surface area contributed by atoms with Crippen LogP contribution in [0.1, 0.15) is 39.7 Å². The summed E-state index contributed by atoms with van der Waals surface area (Å²) < 4.78 is 0. The zero-order valence-electron chi connectivity index (χ0n) is 17.9. The first-order chi connectivity index (χ1) is 16.1. The second kappa shape index (κ2) is 7.59. The van der Waals surface area contributed by atoms with Crippen LogP contribution < -0.4 is 5.32 Å². The molecule has 162 valence electrons. The highest BCUT2D eigenvalue weighted by Gasteiger charge is 2.55. The Morgan fingerprint density at radius 1 is 0.667 bits per heavy atom. The van der Waals surface area contributed by atoms with E-state index in [0.29, 0.717) is 6.54 Å². The SMILES string of the molecule is O=C(O)[C@@H]1C2c3ccccc3C(c3ccccc32)[C@@H]1C(=O)NCc1ccc2ccccc2c1. The molecule has 0 saturated heterocycles. The van der Waals surface area contributed by atoms with Gasteiger partial charge in [0.15, 0.2) is 0 Å². The van der Waals surface area contributed by atoms with Gasteiger partial charge >= 0.3 is 5.97 Å². The van der Waals surface area contributed by atoms with Gasteiger partial charge in [-0.2, -0.15) is 0 Å². The second-order valence-corrected chi connectivity index (χ2v) is 9.00. The van der Waals surface area contributed by atoms with Crippen LogP contribution in [0.15, 0.2) is 91.0 Å². The Kier molecular flexibility index (Phi) is 4.54. The molecule has 4 nitrogen and oxygen atoms in total. The first kappa shape index (κ1) is 19.7. The van der Waals surface area contributed by atoms with E-state index >= 15 is 0 Å². The van der Waals surface area contributed by atoms with Crippen LogP contribution in [-0.4, -0.2) is 17.0 Å². The van der Waals surface area contributed by atoms with Gasteiger partial charge in [0.25, 0.3) is 0 Å². The smallest absolute Gasteiger partial charge is 0.308 e. The molecule has 33 heavy (non-hydrogen) atoms. The van der Waals surface area contributed by atoms with Crippen LogP contribution in [-0.2, 0) is 16.1 Å². The molecule has 0 aliphatic heterocycles. The summed E-state index contributed by atoms with van der Waals surface area (Å²) in [6.45, 7) is 0.368. The third-order valence-electron chi connectivity index (χ3n) is 7.31. The Labute approximate surface area is 191 Å². The minimum atomic E-state index is -0.917. The molecule has 1 amide bonds. The van der Waals surface area contributed by atoms with Crippen molar-refractivity contribution in [3.8, 4) is 0 Å². The van der Waals surface area contributed by atoms with Gasteiger partial charge in [0, 0.05) is 18.4 Å². The molecule has 0 fully saturated rings. The molecular weight excluding hydrogens is 410 g/mol. The van der Waals surface area contributed by atoms with Gasteiger partial charge in [-0.15, -0.1) is 0 Å². The van der Waals surface area contributed by atoms with E-state index in [-0.39, 0.29) is 17.7 Å². The zero-order chi connectivity index (χ0) is 22.5. The topological polar surface area (TPSA) is 66.4 Å². The van der Waals surface area contributed by atoms with Crippen molar-refractivity contribution < 1.29 is 14.7 Å². The average Bonchev–Trinajstić information content (AvgIpc) is 2.86. The number of carbonyl (C=O) groups excluding carboxylic acids is 1. The average molecular weight is 434 g/mol. The fraction of sp³-hybridized carbons (Fsp3) is 0.172. The van der Waals surface area contributed by atoms with Crippen molar-refractivity contribution in [2.75, 3.05) is 0 Å². The number of benzene rings is 4. The number of hydrogen-bond donors (Lipinski definition) is 2. The predicted octanol–water partition coefficient (Wildman–Crippen LogP) is 5.06. The number of rotatable bonds is 4. The first-order valence-corrected chi connectivity index (χ1v) is 11.3. The lowest BCUT2D eigenvalue weighted by Crippen LogP contribution is -2.50. The van der Waals surface area contributed by atoms with Gasteiger partial charge in [-0.25, -0.2) is 0 Å². The Morgan fingerprint density at radius 3 is 1.76 bits per heavy atom. The molecule has 0 heterocycles. The second-order valence-electron chi connectivity index (χ2n) is 9.00. The molecule has 2 N–H and O–H groups in total. The number of carboxylic acid groups (broad SMARTS) is 1. The largest absolute Gasteiger partial charge is 0.481 e. The van der Waals surface area contributed by atoms with Gasteiger partial charge in [0.1, 0.15) is 0 Å². The normalized spacial score (nSPS) is 22.4. The number of amides is 1. The number of carboxylic acids is 1. The minimum Gasteiger partial charge on any atom is -0.481 e. The Morgan fingerprint density at radius 2 is 1.18 bits per heavy atom. The first-order valence-electron chi connectivity index (χ1n) is 11.3. The summed E-state index contributed by atoms with van der Waals surface area (Å²) in [6, 6.07) is 30.2. The predicted molar refractivity (Wildman–Crippen MR) is 127 cm³/mol. The summed E-state index contributed by atoms with van der Waals surface area (Å²) in [6.07, 6.45) is 0. The van der Waals surface area contributed by atoms with Crippen LogP contribution in [0.3, 0.4) is 0 Å². The lowest BCUT2D eigenvalue weighted by atomic mass is 9.54. The van der Waals surface area contributed by atoms with Crippen molar-refractivity contribution in [1.82, 2.24) is 5.32 Å². The molecule has 0 radical (unpaired) electrons. The van der Waals surface area contributed by atoms with Crippen LogP contribution in [0.2, 0.25) is 0 Å². The molecule has 2 bridgehead atoms. The van der Waals surface area contributed by atoms with Gasteiger partial charge in [-0.3, -0.25) is 9.59 Å². The Hall–Kier alpha value is -3.92. The van der Waals surface area contributed by atoms with Gasteiger partial charge in [0.05, 0.1) is 11.8 Å². The van der Waals surface area contributed by atoms with Crippen molar-refractivity contribution in [1.29, 1.82) is 0 Å². The third-order valence-corrected chi connectivity index (χ3v) is 7.31. The lowest BCUT2D eigenvalue weighted by molar-refractivity contribution is -0.149.